The van der Waals surface area contributed by atoms with E-state index in [9.17, 15) is 5.11 Å². The predicted molar refractivity (Wildman–Crippen MR) is 67.5 cm³/mol. The Bertz CT molecular complexity index is 187. The van der Waals surface area contributed by atoms with Crippen LogP contribution in [0.25, 0.3) is 0 Å². The van der Waals surface area contributed by atoms with Crippen LogP contribution in [-0.2, 0) is 0 Å². The Labute approximate surface area is 100 Å². The fourth-order valence-electron chi connectivity index (χ4n) is 3.30. The Hall–Kier alpha value is -0.0800. The van der Waals surface area contributed by atoms with Gasteiger partial charge in [0.2, 0.25) is 0 Å². The van der Waals surface area contributed by atoms with Gasteiger partial charge in [0.15, 0.2) is 0 Å². The molecule has 0 aromatic carbocycles. The minimum Gasteiger partial charge on any atom is -0.391 e. The Morgan fingerprint density at radius 1 is 0.688 bits per heavy atom. The lowest BCUT2D eigenvalue weighted by Gasteiger charge is -2.35. The molecule has 2 aliphatic rings. The number of aliphatic hydroxyl groups excluding tert-OH is 1. The average molecular weight is 225 g/mol. The largest absolute Gasteiger partial charge is 0.391 e. The standard InChI is InChI=1S/C14H27NO/c16-14-10-6-4-5-9-13(14)15-11-7-2-1-3-8-12-15/h13-14,16H,1-12H2. The molecule has 2 rings (SSSR count). The fourth-order valence-corrected chi connectivity index (χ4v) is 3.30. The van der Waals surface area contributed by atoms with E-state index in [-0.39, 0.29) is 6.10 Å². The minimum atomic E-state index is -0.0538. The van der Waals surface area contributed by atoms with E-state index in [1.165, 1.54) is 70.9 Å². The molecule has 0 spiro atoms. The summed E-state index contributed by atoms with van der Waals surface area (Å²) in [6.45, 7) is 2.45. The molecule has 2 fully saturated rings. The topological polar surface area (TPSA) is 23.5 Å². The van der Waals surface area contributed by atoms with Gasteiger partial charge in [-0.15, -0.1) is 0 Å². The van der Waals surface area contributed by atoms with Crippen molar-refractivity contribution in [2.75, 3.05) is 13.1 Å². The Morgan fingerprint density at radius 3 is 2.00 bits per heavy atom. The zero-order valence-corrected chi connectivity index (χ0v) is 10.5. The van der Waals surface area contributed by atoms with Crippen LogP contribution >= 0.6 is 0 Å². The lowest BCUT2D eigenvalue weighted by atomic mass is 10.0. The van der Waals surface area contributed by atoms with Crippen molar-refractivity contribution in [3.05, 3.63) is 0 Å². The van der Waals surface area contributed by atoms with Crippen LogP contribution < -0.4 is 0 Å². The van der Waals surface area contributed by atoms with E-state index in [1.807, 2.05) is 0 Å². The van der Waals surface area contributed by atoms with Crippen LogP contribution in [0.1, 0.15) is 64.2 Å². The number of rotatable bonds is 1. The van der Waals surface area contributed by atoms with Crippen molar-refractivity contribution in [3.8, 4) is 0 Å². The molecule has 16 heavy (non-hydrogen) atoms. The highest BCUT2D eigenvalue weighted by atomic mass is 16.3. The van der Waals surface area contributed by atoms with Gasteiger partial charge in [0.1, 0.15) is 0 Å². The predicted octanol–water partition coefficient (Wildman–Crippen LogP) is 2.95. The van der Waals surface area contributed by atoms with Crippen LogP contribution in [0.3, 0.4) is 0 Å². The van der Waals surface area contributed by atoms with Crippen LogP contribution in [0, 0.1) is 0 Å². The molecule has 2 heteroatoms. The number of nitrogens with zero attached hydrogens (tertiary/aromatic N) is 1. The van der Waals surface area contributed by atoms with E-state index in [2.05, 4.69) is 4.90 Å². The van der Waals surface area contributed by atoms with Gasteiger partial charge in [0, 0.05) is 6.04 Å². The van der Waals surface area contributed by atoms with E-state index in [0.717, 1.165) is 6.42 Å². The number of aliphatic hydroxyl groups is 1. The normalized spacial score (nSPS) is 35.1. The maximum atomic E-state index is 10.2. The third-order valence-corrected chi connectivity index (χ3v) is 4.30. The minimum absolute atomic E-state index is 0.0538. The zero-order valence-electron chi connectivity index (χ0n) is 10.5. The van der Waals surface area contributed by atoms with Crippen molar-refractivity contribution >= 4 is 0 Å². The molecule has 1 N–H and O–H groups in total. The summed E-state index contributed by atoms with van der Waals surface area (Å²) in [5.74, 6) is 0. The first-order chi connectivity index (χ1) is 7.88. The first kappa shape index (κ1) is 12.4. The van der Waals surface area contributed by atoms with Crippen molar-refractivity contribution in [1.29, 1.82) is 0 Å². The molecule has 0 bridgehead atoms. The summed E-state index contributed by atoms with van der Waals surface area (Å²) in [5.41, 5.74) is 0. The van der Waals surface area contributed by atoms with E-state index >= 15 is 0 Å². The maximum absolute atomic E-state index is 10.2. The molecule has 0 amide bonds. The molecule has 0 aromatic rings. The van der Waals surface area contributed by atoms with Crippen molar-refractivity contribution in [2.45, 2.75) is 76.4 Å². The molecule has 1 saturated carbocycles. The van der Waals surface area contributed by atoms with E-state index in [1.54, 1.807) is 0 Å². The molecule has 1 aliphatic heterocycles. The van der Waals surface area contributed by atoms with Gasteiger partial charge in [-0.1, -0.05) is 38.5 Å². The first-order valence-corrected chi connectivity index (χ1v) is 7.30. The fraction of sp³-hybridized carbons (Fsp3) is 1.00. The quantitative estimate of drug-likeness (QED) is 0.694. The number of hydrogen-bond acceptors (Lipinski definition) is 2. The Balaban J connectivity index is 1.90. The lowest BCUT2D eigenvalue weighted by molar-refractivity contribution is 0.0397. The molecular weight excluding hydrogens is 198 g/mol. The van der Waals surface area contributed by atoms with Gasteiger partial charge in [-0.25, -0.2) is 0 Å². The highest BCUT2D eigenvalue weighted by Crippen LogP contribution is 2.24. The van der Waals surface area contributed by atoms with Gasteiger partial charge in [-0.3, -0.25) is 4.90 Å². The summed E-state index contributed by atoms with van der Waals surface area (Å²) in [4.78, 5) is 2.59. The molecular formula is C14H27NO. The van der Waals surface area contributed by atoms with E-state index in [4.69, 9.17) is 0 Å². The molecule has 0 radical (unpaired) electrons. The molecule has 2 nitrogen and oxygen atoms in total. The molecule has 1 heterocycles. The summed E-state index contributed by atoms with van der Waals surface area (Å²) >= 11 is 0. The Kier molecular flexibility index (Phi) is 5.11. The molecule has 1 saturated heterocycles. The summed E-state index contributed by atoms with van der Waals surface area (Å²) in [7, 11) is 0. The van der Waals surface area contributed by atoms with E-state index in [0.29, 0.717) is 6.04 Å². The summed E-state index contributed by atoms with van der Waals surface area (Å²) in [6.07, 6.45) is 12.9. The molecule has 2 unspecified atom stereocenters. The average Bonchev–Trinajstić information content (AvgIpc) is 2.43. The van der Waals surface area contributed by atoms with Crippen LogP contribution in [-0.4, -0.2) is 35.2 Å². The second kappa shape index (κ2) is 6.61. The van der Waals surface area contributed by atoms with Crippen molar-refractivity contribution in [1.82, 2.24) is 4.90 Å². The third kappa shape index (κ3) is 3.46. The van der Waals surface area contributed by atoms with Crippen molar-refractivity contribution < 1.29 is 5.11 Å². The second-order valence-electron chi connectivity index (χ2n) is 5.58. The molecule has 2 atom stereocenters. The smallest absolute Gasteiger partial charge is 0.0695 e. The van der Waals surface area contributed by atoms with Gasteiger partial charge in [0.25, 0.3) is 0 Å². The third-order valence-electron chi connectivity index (χ3n) is 4.30. The summed E-state index contributed by atoms with van der Waals surface area (Å²) < 4.78 is 0. The van der Waals surface area contributed by atoms with Crippen LogP contribution in [0.4, 0.5) is 0 Å². The van der Waals surface area contributed by atoms with Crippen molar-refractivity contribution in [3.63, 3.8) is 0 Å². The van der Waals surface area contributed by atoms with Crippen molar-refractivity contribution in [2.24, 2.45) is 0 Å². The molecule has 1 aliphatic carbocycles. The SMILES string of the molecule is OC1CCCCCC1N1CCCCCCC1. The highest BCUT2D eigenvalue weighted by molar-refractivity contribution is 4.82. The monoisotopic (exact) mass is 225 g/mol. The van der Waals surface area contributed by atoms with E-state index < -0.39 is 0 Å². The Morgan fingerprint density at radius 2 is 1.25 bits per heavy atom. The molecule has 0 aromatic heterocycles. The van der Waals surface area contributed by atoms with Gasteiger partial charge in [-0.2, -0.15) is 0 Å². The van der Waals surface area contributed by atoms with Gasteiger partial charge in [0.05, 0.1) is 6.10 Å². The van der Waals surface area contributed by atoms with Crippen LogP contribution in [0.15, 0.2) is 0 Å². The lowest BCUT2D eigenvalue weighted by Crippen LogP contribution is -2.44. The summed E-state index contributed by atoms with van der Waals surface area (Å²) in [5, 5.41) is 10.2. The number of likely N-dealkylation sites (tertiary alicyclic amines) is 1. The highest BCUT2D eigenvalue weighted by Gasteiger charge is 2.27. The zero-order chi connectivity index (χ0) is 11.2. The molecule has 94 valence electrons. The maximum Gasteiger partial charge on any atom is 0.0695 e. The second-order valence-corrected chi connectivity index (χ2v) is 5.58. The van der Waals surface area contributed by atoms with Crippen LogP contribution in [0.5, 0.6) is 0 Å². The van der Waals surface area contributed by atoms with Crippen LogP contribution in [0.2, 0.25) is 0 Å². The van der Waals surface area contributed by atoms with Gasteiger partial charge < -0.3 is 5.11 Å². The summed E-state index contributed by atoms with van der Waals surface area (Å²) in [6, 6.07) is 0.473. The van der Waals surface area contributed by atoms with Gasteiger partial charge >= 0.3 is 0 Å². The first-order valence-electron chi connectivity index (χ1n) is 7.30. The van der Waals surface area contributed by atoms with Gasteiger partial charge in [-0.05, 0) is 38.8 Å². The number of hydrogen-bond donors (Lipinski definition) is 1.